The molecule has 3 aromatic carbocycles. The van der Waals surface area contributed by atoms with Crippen LogP contribution in [0, 0.1) is 0 Å². The van der Waals surface area contributed by atoms with Crippen molar-refractivity contribution in [1.29, 1.82) is 0 Å². The minimum Gasteiger partial charge on any atom is -0.497 e. The maximum absolute atomic E-state index is 12.2. The lowest BCUT2D eigenvalue weighted by molar-refractivity contribution is -0.109. The molecular formula is C23H20BrN3O2. The quantitative estimate of drug-likeness (QED) is 0.528. The van der Waals surface area contributed by atoms with Crippen molar-refractivity contribution in [2.24, 2.45) is 5.10 Å². The Morgan fingerprint density at radius 3 is 2.52 bits per heavy atom. The molecule has 1 heterocycles. The topological polar surface area (TPSA) is 45.1 Å². The minimum atomic E-state index is -0.564. The molecule has 0 bridgehead atoms. The van der Waals surface area contributed by atoms with E-state index in [0.717, 1.165) is 39.2 Å². The van der Waals surface area contributed by atoms with Crippen molar-refractivity contribution in [3.63, 3.8) is 0 Å². The molecule has 1 atom stereocenters. The lowest BCUT2D eigenvalue weighted by Gasteiger charge is -2.41. The van der Waals surface area contributed by atoms with Gasteiger partial charge in [-0.15, -0.1) is 0 Å². The van der Waals surface area contributed by atoms with E-state index < -0.39 is 6.17 Å². The predicted octanol–water partition coefficient (Wildman–Crippen LogP) is 4.71. The summed E-state index contributed by atoms with van der Waals surface area (Å²) in [5, 5.41) is 6.64. The third kappa shape index (κ3) is 3.89. The molecule has 0 spiro atoms. The first-order valence-electron chi connectivity index (χ1n) is 9.24. The Kier molecular flexibility index (Phi) is 5.62. The molecule has 4 rings (SSSR count). The normalized spacial score (nSPS) is 16.3. The largest absolute Gasteiger partial charge is 0.497 e. The number of hydrogen-bond acceptors (Lipinski definition) is 5. The summed E-state index contributed by atoms with van der Waals surface area (Å²) in [5.74, 6) is 0.765. The predicted molar refractivity (Wildman–Crippen MR) is 120 cm³/mol. The number of halogens is 1. The highest BCUT2D eigenvalue weighted by atomic mass is 79.9. The van der Waals surface area contributed by atoms with Gasteiger partial charge in [-0.25, -0.2) is 5.01 Å². The number of nitrogens with zero attached hydrogens (tertiary/aromatic N) is 3. The number of rotatable bonds is 5. The minimum absolute atomic E-state index is 0.502. The number of hydrazone groups is 1. The van der Waals surface area contributed by atoms with E-state index in [1.165, 1.54) is 0 Å². The van der Waals surface area contributed by atoms with Crippen LogP contribution >= 0.6 is 15.9 Å². The second kappa shape index (κ2) is 8.49. The number of carbonyl (C=O) groups is 1. The Morgan fingerprint density at radius 2 is 1.79 bits per heavy atom. The van der Waals surface area contributed by atoms with Gasteiger partial charge in [0, 0.05) is 15.7 Å². The summed E-state index contributed by atoms with van der Waals surface area (Å²) < 4.78 is 6.25. The van der Waals surface area contributed by atoms with Gasteiger partial charge in [0.1, 0.15) is 5.75 Å². The average molecular weight is 450 g/mol. The second-order valence-corrected chi connectivity index (χ2v) is 7.44. The van der Waals surface area contributed by atoms with E-state index in [1.807, 2.05) is 83.8 Å². The maximum atomic E-state index is 12.2. The summed E-state index contributed by atoms with van der Waals surface area (Å²) in [6.07, 6.45) is 0.364. The highest BCUT2D eigenvalue weighted by Gasteiger charge is 2.32. The van der Waals surface area contributed by atoms with Gasteiger partial charge in [0.25, 0.3) is 0 Å². The van der Waals surface area contributed by atoms with E-state index in [-0.39, 0.29) is 0 Å². The lowest BCUT2D eigenvalue weighted by Crippen LogP contribution is -2.54. The molecule has 0 aliphatic carbocycles. The number of aldehydes is 1. The lowest BCUT2D eigenvalue weighted by atomic mass is 10.1. The van der Waals surface area contributed by atoms with Crippen LogP contribution in [0.2, 0.25) is 0 Å². The van der Waals surface area contributed by atoms with Gasteiger partial charge in [0.05, 0.1) is 25.1 Å². The highest BCUT2D eigenvalue weighted by molar-refractivity contribution is 9.10. The second-order valence-electron chi connectivity index (χ2n) is 6.59. The van der Waals surface area contributed by atoms with Crippen molar-refractivity contribution in [2.45, 2.75) is 6.17 Å². The molecule has 0 N–H and O–H groups in total. The first-order chi connectivity index (χ1) is 14.2. The van der Waals surface area contributed by atoms with Crippen LogP contribution in [-0.4, -0.2) is 31.8 Å². The highest BCUT2D eigenvalue weighted by Crippen LogP contribution is 2.32. The number of anilines is 2. The van der Waals surface area contributed by atoms with Crippen LogP contribution in [0.15, 0.2) is 88.4 Å². The van der Waals surface area contributed by atoms with Crippen LogP contribution in [0.5, 0.6) is 5.75 Å². The van der Waals surface area contributed by atoms with Gasteiger partial charge in [0.15, 0.2) is 12.5 Å². The molecule has 0 saturated carbocycles. The molecule has 1 aliphatic heterocycles. The van der Waals surface area contributed by atoms with Gasteiger partial charge in [-0.05, 0) is 52.3 Å². The Balaban J connectivity index is 1.86. The summed E-state index contributed by atoms with van der Waals surface area (Å²) >= 11 is 3.60. The standard InChI is InChI=1S/C23H20BrN3O2/c1-29-19-11-7-8-17(14-19)21-15-26(18-9-3-2-4-10-18)23(16-28)27(25-21)22-13-6-5-12-20(22)24/h2-14,16,23H,15H2,1H3. The maximum Gasteiger partial charge on any atom is 0.180 e. The number of hydrogen-bond donors (Lipinski definition) is 0. The smallest absolute Gasteiger partial charge is 0.180 e. The summed E-state index contributed by atoms with van der Waals surface area (Å²) in [6.45, 7) is 0.502. The van der Waals surface area contributed by atoms with E-state index >= 15 is 0 Å². The van der Waals surface area contributed by atoms with Crippen LogP contribution in [0.25, 0.3) is 0 Å². The van der Waals surface area contributed by atoms with E-state index in [2.05, 4.69) is 15.9 Å². The number of benzene rings is 3. The van der Waals surface area contributed by atoms with Crippen molar-refractivity contribution in [3.8, 4) is 5.75 Å². The zero-order chi connectivity index (χ0) is 20.2. The average Bonchev–Trinajstić information content (AvgIpc) is 2.79. The molecule has 29 heavy (non-hydrogen) atoms. The van der Waals surface area contributed by atoms with Crippen LogP contribution in [0.1, 0.15) is 5.56 Å². The zero-order valence-corrected chi connectivity index (χ0v) is 17.5. The fourth-order valence-electron chi connectivity index (χ4n) is 3.39. The molecular weight excluding hydrogens is 430 g/mol. The Morgan fingerprint density at radius 1 is 1.03 bits per heavy atom. The Hall–Kier alpha value is -3.12. The SMILES string of the molecule is COc1cccc(C2=NN(c3ccccc3Br)C(C=O)N(c3ccccc3)C2)c1. The van der Waals surface area contributed by atoms with Crippen molar-refractivity contribution in [2.75, 3.05) is 23.6 Å². The Bertz CT molecular complexity index is 1040. The van der Waals surface area contributed by atoms with Crippen molar-refractivity contribution in [3.05, 3.63) is 88.9 Å². The van der Waals surface area contributed by atoms with Gasteiger partial charge in [-0.2, -0.15) is 5.10 Å². The fraction of sp³-hybridized carbons (Fsp3) is 0.130. The van der Waals surface area contributed by atoms with E-state index in [1.54, 1.807) is 12.1 Å². The van der Waals surface area contributed by atoms with Crippen molar-refractivity contribution in [1.82, 2.24) is 0 Å². The van der Waals surface area contributed by atoms with Crippen molar-refractivity contribution < 1.29 is 9.53 Å². The molecule has 5 nitrogen and oxygen atoms in total. The first kappa shape index (κ1) is 19.2. The van der Waals surface area contributed by atoms with Crippen LogP contribution < -0.4 is 14.6 Å². The number of carbonyl (C=O) groups excluding carboxylic acids is 1. The molecule has 146 valence electrons. The van der Waals surface area contributed by atoms with Gasteiger partial charge >= 0.3 is 0 Å². The molecule has 0 amide bonds. The molecule has 0 fully saturated rings. The molecule has 1 aliphatic rings. The fourth-order valence-corrected chi connectivity index (χ4v) is 3.85. The number of methoxy groups -OCH3 is 1. The van der Waals surface area contributed by atoms with E-state index in [0.29, 0.717) is 6.54 Å². The summed E-state index contributed by atoms with van der Waals surface area (Å²) in [4.78, 5) is 14.2. The first-order valence-corrected chi connectivity index (χ1v) is 10.0. The van der Waals surface area contributed by atoms with Crippen molar-refractivity contribution >= 4 is 39.3 Å². The zero-order valence-electron chi connectivity index (χ0n) is 15.9. The van der Waals surface area contributed by atoms with Gasteiger partial charge in [0.2, 0.25) is 0 Å². The van der Waals surface area contributed by atoms with Crippen LogP contribution in [0.3, 0.4) is 0 Å². The molecule has 6 heteroatoms. The van der Waals surface area contributed by atoms with Gasteiger partial charge in [-0.3, -0.25) is 4.79 Å². The Labute approximate surface area is 178 Å². The molecule has 0 saturated heterocycles. The van der Waals surface area contributed by atoms with Crippen LogP contribution in [-0.2, 0) is 4.79 Å². The van der Waals surface area contributed by atoms with E-state index in [9.17, 15) is 4.79 Å². The van der Waals surface area contributed by atoms with Gasteiger partial charge < -0.3 is 9.64 Å². The van der Waals surface area contributed by atoms with Gasteiger partial charge in [-0.1, -0.05) is 42.5 Å². The van der Waals surface area contributed by atoms with E-state index in [4.69, 9.17) is 9.84 Å². The molecule has 1 unspecified atom stereocenters. The summed E-state index contributed by atoms with van der Waals surface area (Å²) in [5.41, 5.74) is 3.58. The molecule has 0 aromatic heterocycles. The number of ether oxygens (including phenoxy) is 1. The third-order valence-electron chi connectivity index (χ3n) is 4.83. The third-order valence-corrected chi connectivity index (χ3v) is 5.50. The number of para-hydroxylation sites is 2. The van der Waals surface area contributed by atoms with Crippen LogP contribution in [0.4, 0.5) is 11.4 Å². The summed E-state index contributed by atoms with van der Waals surface area (Å²) in [6, 6.07) is 25.5. The monoisotopic (exact) mass is 449 g/mol. The summed E-state index contributed by atoms with van der Waals surface area (Å²) in [7, 11) is 1.65. The molecule has 3 aromatic rings. The molecule has 0 radical (unpaired) electrons.